The van der Waals surface area contributed by atoms with Crippen LogP contribution in [0.2, 0.25) is 0 Å². The Morgan fingerprint density at radius 1 is 1.25 bits per heavy atom. The van der Waals surface area contributed by atoms with E-state index >= 15 is 0 Å². The summed E-state index contributed by atoms with van der Waals surface area (Å²) in [5.74, 6) is 1.77. The maximum absolute atomic E-state index is 12.1. The highest BCUT2D eigenvalue weighted by molar-refractivity contribution is 5.98. The van der Waals surface area contributed by atoms with Crippen LogP contribution in [0.3, 0.4) is 0 Å². The largest absolute Gasteiger partial charge is 0.378 e. The van der Waals surface area contributed by atoms with Crippen LogP contribution in [0.4, 0.5) is 5.69 Å². The quantitative estimate of drug-likeness (QED) is 0.518. The predicted octanol–water partition coefficient (Wildman–Crippen LogP) is 3.92. The first-order chi connectivity index (χ1) is 15.7. The first-order valence-electron chi connectivity index (χ1n) is 12.7. The van der Waals surface area contributed by atoms with E-state index in [0.717, 1.165) is 64.4 Å². The molecule has 2 saturated carbocycles. The fourth-order valence-corrected chi connectivity index (χ4v) is 6.35. The van der Waals surface area contributed by atoms with Crippen LogP contribution < -0.4 is 10.2 Å². The molecule has 1 saturated heterocycles. The van der Waals surface area contributed by atoms with Crippen LogP contribution in [-0.2, 0) is 9.53 Å². The SMILES string of the molecule is CCN=C(NC1CC(OCC)C12CCC2)N1CC(CCN2CCCC2=O)c2ccccc21. The zero-order valence-electron chi connectivity index (χ0n) is 19.7. The van der Waals surface area contributed by atoms with Gasteiger partial charge in [-0.3, -0.25) is 9.79 Å². The number of carbonyl (C=O) groups excluding carboxylic acids is 1. The highest BCUT2D eigenvalue weighted by Gasteiger charge is 2.59. The highest BCUT2D eigenvalue weighted by Crippen LogP contribution is 2.57. The molecule has 2 aliphatic heterocycles. The molecular formula is C26H38N4O2. The summed E-state index contributed by atoms with van der Waals surface area (Å²) < 4.78 is 6.07. The normalized spacial score (nSPS) is 28.6. The lowest BCUT2D eigenvalue weighted by Crippen LogP contribution is -2.68. The molecule has 2 aliphatic carbocycles. The number of guanidine groups is 1. The van der Waals surface area contributed by atoms with Crippen molar-refractivity contribution in [3.05, 3.63) is 29.8 Å². The predicted molar refractivity (Wildman–Crippen MR) is 128 cm³/mol. The topological polar surface area (TPSA) is 57.2 Å². The van der Waals surface area contributed by atoms with Crippen LogP contribution in [0, 0.1) is 5.41 Å². The summed E-state index contributed by atoms with van der Waals surface area (Å²) in [6.45, 7) is 8.50. The lowest BCUT2D eigenvalue weighted by atomic mass is 9.51. The zero-order valence-corrected chi connectivity index (χ0v) is 19.7. The summed E-state index contributed by atoms with van der Waals surface area (Å²) in [6, 6.07) is 9.21. The molecule has 3 unspecified atom stereocenters. The van der Waals surface area contributed by atoms with E-state index in [1.54, 1.807) is 0 Å². The number of likely N-dealkylation sites (tertiary alicyclic amines) is 1. The molecule has 3 fully saturated rings. The summed E-state index contributed by atoms with van der Waals surface area (Å²) >= 11 is 0. The smallest absolute Gasteiger partial charge is 0.222 e. The molecule has 4 aliphatic rings. The van der Waals surface area contributed by atoms with E-state index in [1.165, 1.54) is 30.5 Å². The average Bonchev–Trinajstić information content (AvgIpc) is 3.33. The molecule has 5 rings (SSSR count). The van der Waals surface area contributed by atoms with Crippen LogP contribution in [0.15, 0.2) is 29.3 Å². The monoisotopic (exact) mass is 438 g/mol. The summed E-state index contributed by atoms with van der Waals surface area (Å²) in [7, 11) is 0. The molecule has 3 atom stereocenters. The first-order valence-corrected chi connectivity index (χ1v) is 12.7. The maximum Gasteiger partial charge on any atom is 0.222 e. The molecule has 0 bridgehead atoms. The first kappa shape index (κ1) is 21.7. The number of aliphatic imine (C=N–C) groups is 1. The minimum absolute atomic E-state index is 0.305. The number of fused-ring (bicyclic) bond motifs is 1. The fraction of sp³-hybridized carbons (Fsp3) is 0.692. The molecular weight excluding hydrogens is 400 g/mol. The van der Waals surface area contributed by atoms with Gasteiger partial charge in [0.15, 0.2) is 5.96 Å². The van der Waals surface area contributed by atoms with E-state index in [4.69, 9.17) is 9.73 Å². The highest BCUT2D eigenvalue weighted by atomic mass is 16.5. The van der Waals surface area contributed by atoms with Gasteiger partial charge in [0.1, 0.15) is 0 Å². The third-order valence-electron chi connectivity index (χ3n) is 8.29. The number of anilines is 1. The Hall–Kier alpha value is -2.08. The van der Waals surface area contributed by atoms with Crippen molar-refractivity contribution < 1.29 is 9.53 Å². The Morgan fingerprint density at radius 2 is 2.09 bits per heavy atom. The molecule has 1 N–H and O–H groups in total. The van der Waals surface area contributed by atoms with Crippen molar-refractivity contribution in [3.8, 4) is 0 Å². The molecule has 2 heterocycles. The van der Waals surface area contributed by atoms with E-state index in [2.05, 4.69) is 48.3 Å². The molecule has 1 spiro atoms. The van der Waals surface area contributed by atoms with Gasteiger partial charge in [-0.1, -0.05) is 24.6 Å². The average molecular weight is 439 g/mol. The number of carbonyl (C=O) groups is 1. The van der Waals surface area contributed by atoms with Crippen LogP contribution >= 0.6 is 0 Å². The number of hydrogen-bond acceptors (Lipinski definition) is 3. The molecule has 1 amide bonds. The minimum atomic E-state index is 0.305. The van der Waals surface area contributed by atoms with Gasteiger partial charge in [0, 0.05) is 62.3 Å². The Kier molecular flexibility index (Phi) is 6.15. The Balaban J connectivity index is 1.31. The van der Waals surface area contributed by atoms with Crippen LogP contribution in [0.25, 0.3) is 0 Å². The molecule has 6 heteroatoms. The summed E-state index contributed by atoms with van der Waals surface area (Å²) in [5.41, 5.74) is 2.97. The van der Waals surface area contributed by atoms with E-state index in [1.807, 2.05) is 4.90 Å². The number of nitrogens with zero attached hydrogens (tertiary/aromatic N) is 3. The Morgan fingerprint density at radius 3 is 2.78 bits per heavy atom. The van der Waals surface area contributed by atoms with Crippen molar-refractivity contribution in [2.24, 2.45) is 10.4 Å². The van der Waals surface area contributed by atoms with Gasteiger partial charge >= 0.3 is 0 Å². The fourth-order valence-electron chi connectivity index (χ4n) is 6.35. The summed E-state index contributed by atoms with van der Waals surface area (Å²) in [4.78, 5) is 21.5. The van der Waals surface area contributed by atoms with E-state index in [-0.39, 0.29) is 0 Å². The van der Waals surface area contributed by atoms with E-state index in [9.17, 15) is 4.79 Å². The van der Waals surface area contributed by atoms with E-state index < -0.39 is 0 Å². The van der Waals surface area contributed by atoms with Crippen LogP contribution in [0.1, 0.15) is 70.3 Å². The van der Waals surface area contributed by atoms with Gasteiger partial charge < -0.3 is 19.9 Å². The van der Waals surface area contributed by atoms with Crippen molar-refractivity contribution >= 4 is 17.6 Å². The number of amides is 1. The van der Waals surface area contributed by atoms with Crippen molar-refractivity contribution in [2.45, 2.75) is 76.9 Å². The van der Waals surface area contributed by atoms with Crippen molar-refractivity contribution in [1.29, 1.82) is 0 Å². The van der Waals surface area contributed by atoms with Gasteiger partial charge in [-0.15, -0.1) is 0 Å². The number of rotatable bonds is 7. The van der Waals surface area contributed by atoms with E-state index in [0.29, 0.717) is 29.4 Å². The number of hydrogen-bond donors (Lipinski definition) is 1. The number of nitrogens with one attached hydrogen (secondary N) is 1. The minimum Gasteiger partial charge on any atom is -0.378 e. The van der Waals surface area contributed by atoms with Gasteiger partial charge in [0.2, 0.25) is 5.91 Å². The van der Waals surface area contributed by atoms with Crippen LogP contribution in [-0.4, -0.2) is 61.7 Å². The second-order valence-corrected chi connectivity index (χ2v) is 9.90. The van der Waals surface area contributed by atoms with Crippen molar-refractivity contribution in [1.82, 2.24) is 10.2 Å². The van der Waals surface area contributed by atoms with Gasteiger partial charge in [0.25, 0.3) is 0 Å². The third-order valence-corrected chi connectivity index (χ3v) is 8.29. The molecule has 1 aromatic rings. The summed E-state index contributed by atoms with van der Waals surface area (Å²) in [5, 5.41) is 3.87. The molecule has 32 heavy (non-hydrogen) atoms. The molecule has 1 aromatic carbocycles. The lowest BCUT2D eigenvalue weighted by molar-refractivity contribution is -0.168. The standard InChI is InChI=1S/C26H38N4O2/c1-3-27-25(28-22-17-23(32-4-2)26(22)13-8-14-26)30-18-19(20-9-5-6-10-21(20)30)12-16-29-15-7-11-24(29)31/h5-6,9-10,19,22-23H,3-4,7-8,11-18H2,1-2H3,(H,27,28). The number of para-hydroxylation sites is 1. The van der Waals surface area contributed by atoms with Gasteiger partial charge in [-0.25, -0.2) is 0 Å². The molecule has 174 valence electrons. The van der Waals surface area contributed by atoms with Gasteiger partial charge in [-0.05, 0) is 57.6 Å². The third kappa shape index (κ3) is 3.70. The Labute approximate surface area is 192 Å². The van der Waals surface area contributed by atoms with Gasteiger partial charge in [-0.2, -0.15) is 0 Å². The maximum atomic E-state index is 12.1. The second kappa shape index (κ2) is 9.05. The summed E-state index contributed by atoms with van der Waals surface area (Å²) in [6.07, 6.45) is 8.05. The zero-order chi connectivity index (χ0) is 22.1. The number of ether oxygens (including phenoxy) is 1. The van der Waals surface area contributed by atoms with Crippen molar-refractivity contribution in [2.75, 3.05) is 37.7 Å². The molecule has 6 nitrogen and oxygen atoms in total. The van der Waals surface area contributed by atoms with Gasteiger partial charge in [0.05, 0.1) is 6.10 Å². The van der Waals surface area contributed by atoms with Crippen molar-refractivity contribution in [3.63, 3.8) is 0 Å². The second-order valence-electron chi connectivity index (χ2n) is 9.90. The lowest BCUT2D eigenvalue weighted by Gasteiger charge is -2.61. The molecule has 0 aromatic heterocycles. The Bertz CT molecular complexity index is 865. The van der Waals surface area contributed by atoms with Crippen LogP contribution in [0.5, 0.6) is 0 Å². The number of benzene rings is 1. The molecule has 0 radical (unpaired) electrons.